The Bertz CT molecular complexity index is 1760. The van der Waals surface area contributed by atoms with Crippen LogP contribution in [0.2, 0.25) is 0 Å². The first-order chi connectivity index (χ1) is 20.2. The molecule has 1 aliphatic carbocycles. The first-order valence-electron chi connectivity index (χ1n) is 14.3. The summed E-state index contributed by atoms with van der Waals surface area (Å²) in [5, 5.41) is 7.33. The topological polar surface area (TPSA) is 31.4 Å². The summed E-state index contributed by atoms with van der Waals surface area (Å²) in [7, 11) is 3.48. The molecule has 1 atom stereocenters. The Kier molecular flexibility index (Phi) is 8.20. The number of pyridine rings is 1. The molecule has 0 saturated carbocycles. The summed E-state index contributed by atoms with van der Waals surface area (Å²) in [4.78, 5) is 4.01. The lowest BCUT2D eigenvalue weighted by molar-refractivity contribution is 0.405. The molecular weight excluding hydrogens is 570 g/mol. The molecule has 5 aromatic carbocycles. The average Bonchev–Trinajstić information content (AvgIpc) is 3.03. The zero-order chi connectivity index (χ0) is 28.2. The van der Waals surface area contributed by atoms with Gasteiger partial charge in [0.2, 0.25) is 0 Å². The monoisotopic (exact) mass is 603 g/mol. The molecular formula is C37H34BrNO2. The quantitative estimate of drug-likeness (QED) is 0.184. The number of methoxy groups -OCH3 is 2. The maximum Gasteiger partial charge on any atom is 0.131 e. The van der Waals surface area contributed by atoms with E-state index < -0.39 is 0 Å². The Morgan fingerprint density at radius 3 is 2.41 bits per heavy atom. The van der Waals surface area contributed by atoms with Gasteiger partial charge in [0, 0.05) is 16.9 Å². The summed E-state index contributed by atoms with van der Waals surface area (Å²) in [6.07, 6.45) is 9.63. The van der Waals surface area contributed by atoms with Crippen molar-refractivity contribution in [2.75, 3.05) is 14.2 Å². The summed E-state index contributed by atoms with van der Waals surface area (Å²) in [5.41, 5.74) is 4.44. The van der Waals surface area contributed by atoms with E-state index in [-0.39, 0.29) is 0 Å². The number of halogens is 1. The summed E-state index contributed by atoms with van der Waals surface area (Å²) in [6.45, 7) is 0. The summed E-state index contributed by atoms with van der Waals surface area (Å²) < 4.78 is 12.6. The van der Waals surface area contributed by atoms with Gasteiger partial charge in [0.05, 0.1) is 19.6 Å². The Morgan fingerprint density at radius 1 is 0.780 bits per heavy atom. The largest absolute Gasteiger partial charge is 0.496 e. The molecule has 0 spiro atoms. The van der Waals surface area contributed by atoms with Crippen LogP contribution in [0.1, 0.15) is 41.9 Å². The van der Waals surface area contributed by atoms with Gasteiger partial charge in [0.25, 0.3) is 0 Å². The van der Waals surface area contributed by atoms with Gasteiger partial charge in [-0.15, -0.1) is 0 Å². The fourth-order valence-electron chi connectivity index (χ4n) is 6.33. The second-order valence-electron chi connectivity index (χ2n) is 10.7. The zero-order valence-electron chi connectivity index (χ0n) is 23.6. The molecule has 0 radical (unpaired) electrons. The lowest BCUT2D eigenvalue weighted by Crippen LogP contribution is -2.11. The van der Waals surface area contributed by atoms with Crippen LogP contribution in [0, 0.1) is 0 Å². The summed E-state index contributed by atoms with van der Waals surface area (Å²) in [5.74, 6) is 2.37. The van der Waals surface area contributed by atoms with Gasteiger partial charge >= 0.3 is 0 Å². The van der Waals surface area contributed by atoms with Crippen molar-refractivity contribution in [1.29, 1.82) is 0 Å². The number of benzene rings is 5. The van der Waals surface area contributed by atoms with E-state index in [0.29, 0.717) is 5.92 Å². The van der Waals surface area contributed by atoms with Crippen molar-refractivity contribution in [3.8, 4) is 11.5 Å². The third-order valence-corrected chi connectivity index (χ3v) is 8.80. The second kappa shape index (κ2) is 12.3. The number of aryl methyl sites for hydroxylation is 2. The normalized spacial score (nSPS) is 14.4. The number of aromatic nitrogens is 1. The molecule has 4 heteroatoms. The summed E-state index contributed by atoms with van der Waals surface area (Å²) in [6, 6.07) is 32.1. The van der Waals surface area contributed by atoms with Crippen molar-refractivity contribution in [3.63, 3.8) is 0 Å². The highest BCUT2D eigenvalue weighted by Crippen LogP contribution is 2.44. The first kappa shape index (κ1) is 27.3. The van der Waals surface area contributed by atoms with E-state index >= 15 is 0 Å². The van der Waals surface area contributed by atoms with Crippen molar-refractivity contribution in [2.45, 2.75) is 38.0 Å². The highest BCUT2D eigenvalue weighted by Gasteiger charge is 2.23. The molecule has 1 heterocycles. The molecule has 6 aromatic rings. The Hall–Kier alpha value is -3.89. The van der Waals surface area contributed by atoms with E-state index in [2.05, 4.69) is 87.6 Å². The van der Waals surface area contributed by atoms with E-state index in [1.807, 2.05) is 36.7 Å². The SMILES string of the molecule is COc1cccc2c1c(OC)cc1c3c(ccc12)[C@H](CCc1cccc(Br)c1)CCC3.c1ccc2cnccc2c1. The molecule has 1 aromatic heterocycles. The highest BCUT2D eigenvalue weighted by molar-refractivity contribution is 9.10. The number of rotatable bonds is 5. The number of ether oxygens (including phenoxy) is 2. The fraction of sp³-hybridized carbons (Fsp3) is 0.216. The summed E-state index contributed by atoms with van der Waals surface area (Å²) >= 11 is 3.60. The van der Waals surface area contributed by atoms with E-state index in [1.54, 1.807) is 14.2 Å². The molecule has 7 rings (SSSR count). The molecule has 0 unspecified atom stereocenters. The van der Waals surface area contributed by atoms with Gasteiger partial charge in [-0.3, -0.25) is 4.98 Å². The van der Waals surface area contributed by atoms with E-state index in [1.165, 1.54) is 62.9 Å². The molecule has 0 bridgehead atoms. The van der Waals surface area contributed by atoms with Crippen LogP contribution in [0.15, 0.2) is 108 Å². The average molecular weight is 605 g/mol. The van der Waals surface area contributed by atoms with Gasteiger partial charge in [-0.1, -0.05) is 76.6 Å². The van der Waals surface area contributed by atoms with Crippen LogP contribution >= 0.6 is 15.9 Å². The van der Waals surface area contributed by atoms with Gasteiger partial charge in [-0.05, 0) is 112 Å². The van der Waals surface area contributed by atoms with Crippen LogP contribution in [0.5, 0.6) is 11.5 Å². The predicted molar refractivity (Wildman–Crippen MR) is 174 cm³/mol. The van der Waals surface area contributed by atoms with Crippen LogP contribution in [-0.2, 0) is 12.8 Å². The van der Waals surface area contributed by atoms with Crippen LogP contribution < -0.4 is 9.47 Å². The van der Waals surface area contributed by atoms with Gasteiger partial charge < -0.3 is 9.47 Å². The fourth-order valence-corrected chi connectivity index (χ4v) is 6.77. The van der Waals surface area contributed by atoms with Crippen molar-refractivity contribution < 1.29 is 9.47 Å². The molecule has 0 aliphatic heterocycles. The van der Waals surface area contributed by atoms with E-state index in [9.17, 15) is 0 Å². The molecule has 1 aliphatic rings. The predicted octanol–water partition coefficient (Wildman–Crippen LogP) is 10.1. The molecule has 0 fully saturated rings. The smallest absolute Gasteiger partial charge is 0.131 e. The highest BCUT2D eigenvalue weighted by atomic mass is 79.9. The standard InChI is InChI=1S/C28H27BrO2.C9H7N/c1-30-26-11-5-10-24-23-15-14-21-19(13-12-18-6-3-8-20(29)16-18)7-4-9-22(21)25(23)17-27(31-2)28(24)26;1-2-4-9-7-10-6-5-8(9)3-1/h3,5-6,8,10-11,14-17,19H,4,7,9,12-13H2,1-2H3;1-7H/t19-;/m0./s1. The molecule has 206 valence electrons. The number of hydrogen-bond donors (Lipinski definition) is 0. The number of hydrogen-bond acceptors (Lipinski definition) is 3. The van der Waals surface area contributed by atoms with Crippen LogP contribution in [0.25, 0.3) is 32.3 Å². The van der Waals surface area contributed by atoms with Crippen LogP contribution in [-0.4, -0.2) is 19.2 Å². The van der Waals surface area contributed by atoms with Gasteiger partial charge in [0.1, 0.15) is 11.5 Å². The van der Waals surface area contributed by atoms with Crippen molar-refractivity contribution in [1.82, 2.24) is 4.98 Å². The first-order valence-corrected chi connectivity index (χ1v) is 15.1. The third kappa shape index (κ3) is 5.67. The van der Waals surface area contributed by atoms with Crippen molar-refractivity contribution in [2.24, 2.45) is 0 Å². The lowest BCUT2D eigenvalue weighted by Gasteiger charge is -2.27. The maximum absolute atomic E-state index is 5.83. The zero-order valence-corrected chi connectivity index (χ0v) is 25.2. The van der Waals surface area contributed by atoms with E-state index in [4.69, 9.17) is 9.47 Å². The lowest BCUT2D eigenvalue weighted by atomic mass is 9.77. The van der Waals surface area contributed by atoms with Gasteiger partial charge in [-0.25, -0.2) is 0 Å². The molecule has 0 saturated heterocycles. The number of nitrogens with zero attached hydrogens (tertiary/aromatic N) is 1. The number of fused-ring (bicyclic) bond motifs is 6. The van der Waals surface area contributed by atoms with Crippen molar-refractivity contribution >= 4 is 48.2 Å². The maximum atomic E-state index is 5.83. The Morgan fingerprint density at radius 2 is 1.61 bits per heavy atom. The minimum atomic E-state index is 0.610. The molecule has 3 nitrogen and oxygen atoms in total. The van der Waals surface area contributed by atoms with Crippen molar-refractivity contribution in [3.05, 3.63) is 125 Å². The molecule has 41 heavy (non-hydrogen) atoms. The van der Waals surface area contributed by atoms with Gasteiger partial charge in [0.15, 0.2) is 0 Å². The molecule has 0 amide bonds. The molecule has 0 N–H and O–H groups in total. The van der Waals surface area contributed by atoms with E-state index in [0.717, 1.165) is 34.2 Å². The third-order valence-electron chi connectivity index (χ3n) is 8.31. The Balaban J connectivity index is 0.000000253. The van der Waals surface area contributed by atoms with Gasteiger partial charge in [-0.2, -0.15) is 0 Å². The van der Waals surface area contributed by atoms with Crippen LogP contribution in [0.3, 0.4) is 0 Å². The minimum Gasteiger partial charge on any atom is -0.496 e. The minimum absolute atomic E-state index is 0.610. The Labute approximate surface area is 250 Å². The second-order valence-corrected chi connectivity index (χ2v) is 11.6. The van der Waals surface area contributed by atoms with Crippen LogP contribution in [0.4, 0.5) is 0 Å².